The number of hydrogen-bond donors (Lipinski definition) is 3. The van der Waals surface area contributed by atoms with Crippen LogP contribution in [0.3, 0.4) is 0 Å². The van der Waals surface area contributed by atoms with Crippen molar-refractivity contribution >= 4 is 60.5 Å². The van der Waals surface area contributed by atoms with Gasteiger partial charge in [0.25, 0.3) is 5.69 Å². The fourth-order valence-corrected chi connectivity index (χ4v) is 3.99. The van der Waals surface area contributed by atoms with E-state index in [0.717, 1.165) is 0 Å². The minimum Gasteiger partial charge on any atom is -0.506 e. The predicted octanol–water partition coefficient (Wildman–Crippen LogP) is 5.82. The van der Waals surface area contributed by atoms with Crippen molar-refractivity contribution in [3.05, 3.63) is 73.2 Å². The highest BCUT2D eigenvalue weighted by Crippen LogP contribution is 2.40. The molecule has 10 heteroatoms. The molecule has 0 spiro atoms. The van der Waals surface area contributed by atoms with E-state index in [4.69, 9.17) is 0 Å². The van der Waals surface area contributed by atoms with Crippen LogP contribution in [0.5, 0.6) is 11.5 Å². The number of aromatic hydroxyl groups is 2. The van der Waals surface area contributed by atoms with Gasteiger partial charge >= 0.3 is 0 Å². The van der Waals surface area contributed by atoms with Crippen molar-refractivity contribution in [1.82, 2.24) is 9.97 Å². The van der Waals surface area contributed by atoms with Crippen LogP contribution >= 0.6 is 31.9 Å². The number of fused-ring (bicyclic) bond motifs is 1. The van der Waals surface area contributed by atoms with Gasteiger partial charge in [0.2, 0.25) is 0 Å². The molecule has 0 aliphatic heterocycles. The molecular formula is C20H12Br2N4O4. The van der Waals surface area contributed by atoms with E-state index in [0.29, 0.717) is 38.1 Å². The lowest BCUT2D eigenvalue weighted by Gasteiger charge is -2.06. The Hall–Kier alpha value is -3.24. The second-order valence-electron chi connectivity index (χ2n) is 6.31. The normalized spacial score (nSPS) is 11.4. The molecule has 0 saturated carbocycles. The Morgan fingerprint density at radius 3 is 2.67 bits per heavy atom. The quantitative estimate of drug-likeness (QED) is 0.174. The number of non-ortho nitro benzene ring substituents is 1. The number of phenolic OH excluding ortho intramolecular Hbond substituents is 2. The van der Waals surface area contributed by atoms with Gasteiger partial charge in [0.05, 0.1) is 26.1 Å². The van der Waals surface area contributed by atoms with E-state index >= 15 is 0 Å². The number of nitro groups is 1. The van der Waals surface area contributed by atoms with Crippen LogP contribution in [-0.4, -0.2) is 31.3 Å². The number of hydrogen-bond acceptors (Lipinski definition) is 6. The number of benzene rings is 3. The molecule has 0 atom stereocenters. The van der Waals surface area contributed by atoms with E-state index in [1.165, 1.54) is 18.3 Å². The summed E-state index contributed by atoms with van der Waals surface area (Å²) in [7, 11) is 0. The third-order valence-electron chi connectivity index (χ3n) is 4.35. The van der Waals surface area contributed by atoms with Crippen LogP contribution in [0.15, 0.2) is 62.5 Å². The molecule has 4 aromatic rings. The maximum absolute atomic E-state index is 11.0. The molecule has 3 aromatic carbocycles. The highest BCUT2D eigenvalue weighted by molar-refractivity contribution is 9.11. The molecular weight excluding hydrogens is 520 g/mol. The molecule has 0 radical (unpaired) electrons. The molecule has 3 N–H and O–H groups in total. The standard InChI is InChI=1S/C20H12Br2N4O4/c21-14-7-11(18(27)17(22)19(14)28)9-23-12-4-5-15-16(8-12)25-20(24-15)10-2-1-3-13(6-10)26(29)30/h1-9,27-28H,(H,24,25). The summed E-state index contributed by atoms with van der Waals surface area (Å²) in [5.41, 5.74) is 3.01. The van der Waals surface area contributed by atoms with Crippen LogP contribution in [-0.2, 0) is 0 Å². The van der Waals surface area contributed by atoms with Crippen molar-refractivity contribution in [2.75, 3.05) is 0 Å². The van der Waals surface area contributed by atoms with E-state index in [-0.39, 0.29) is 21.7 Å². The zero-order chi connectivity index (χ0) is 21.4. The third-order valence-corrected chi connectivity index (χ3v) is 5.70. The molecule has 0 unspecified atom stereocenters. The first-order valence-electron chi connectivity index (χ1n) is 8.52. The van der Waals surface area contributed by atoms with Gasteiger partial charge in [-0.2, -0.15) is 0 Å². The van der Waals surface area contributed by atoms with Gasteiger partial charge in [-0.25, -0.2) is 4.98 Å². The third kappa shape index (κ3) is 3.79. The van der Waals surface area contributed by atoms with E-state index in [9.17, 15) is 20.3 Å². The second kappa shape index (κ2) is 7.88. The van der Waals surface area contributed by atoms with Gasteiger partial charge < -0.3 is 15.2 Å². The summed E-state index contributed by atoms with van der Waals surface area (Å²) < 4.78 is 0.586. The summed E-state index contributed by atoms with van der Waals surface area (Å²) in [5.74, 6) is 0.283. The summed E-state index contributed by atoms with van der Waals surface area (Å²) in [6.45, 7) is 0. The van der Waals surface area contributed by atoms with Gasteiger partial charge in [-0.15, -0.1) is 0 Å². The Balaban J connectivity index is 1.67. The maximum atomic E-state index is 11.0. The monoisotopic (exact) mass is 530 g/mol. The largest absolute Gasteiger partial charge is 0.506 e. The Labute approximate surface area is 186 Å². The smallest absolute Gasteiger partial charge is 0.270 e. The predicted molar refractivity (Wildman–Crippen MR) is 121 cm³/mol. The summed E-state index contributed by atoms with van der Waals surface area (Å²) >= 11 is 6.35. The number of halogens is 2. The zero-order valence-corrected chi connectivity index (χ0v) is 18.2. The average Bonchev–Trinajstić information content (AvgIpc) is 3.17. The van der Waals surface area contributed by atoms with E-state index in [1.54, 1.807) is 36.4 Å². The van der Waals surface area contributed by atoms with Crippen LogP contribution in [0.4, 0.5) is 11.4 Å². The highest BCUT2D eigenvalue weighted by atomic mass is 79.9. The van der Waals surface area contributed by atoms with Crippen molar-refractivity contribution in [1.29, 1.82) is 0 Å². The summed E-state index contributed by atoms with van der Waals surface area (Å²) in [6, 6.07) is 13.1. The van der Waals surface area contributed by atoms with Gasteiger partial charge in [0.1, 0.15) is 21.8 Å². The van der Waals surface area contributed by atoms with Crippen LogP contribution in [0, 0.1) is 10.1 Å². The van der Waals surface area contributed by atoms with Crippen molar-refractivity contribution < 1.29 is 15.1 Å². The number of nitrogens with zero attached hydrogens (tertiary/aromatic N) is 3. The van der Waals surface area contributed by atoms with Crippen LogP contribution < -0.4 is 0 Å². The molecule has 8 nitrogen and oxygen atoms in total. The minimum absolute atomic E-state index is 0.00993. The van der Waals surface area contributed by atoms with E-state index in [1.807, 2.05) is 0 Å². The first-order chi connectivity index (χ1) is 14.3. The number of aromatic amines is 1. The van der Waals surface area contributed by atoms with Gasteiger partial charge in [0.15, 0.2) is 0 Å². The van der Waals surface area contributed by atoms with Gasteiger partial charge in [-0.3, -0.25) is 15.1 Å². The first kappa shape index (κ1) is 20.0. The van der Waals surface area contributed by atoms with Crippen LogP contribution in [0.2, 0.25) is 0 Å². The fraction of sp³-hybridized carbons (Fsp3) is 0. The Morgan fingerprint density at radius 2 is 1.90 bits per heavy atom. The average molecular weight is 532 g/mol. The fourth-order valence-electron chi connectivity index (χ4n) is 2.84. The number of aromatic nitrogens is 2. The maximum Gasteiger partial charge on any atom is 0.270 e. The Bertz CT molecular complexity index is 1330. The number of H-pyrrole nitrogens is 1. The second-order valence-corrected chi connectivity index (χ2v) is 7.96. The van der Waals surface area contributed by atoms with Gasteiger partial charge in [-0.05, 0) is 56.1 Å². The number of nitro benzene ring substituents is 1. The number of rotatable bonds is 4. The van der Waals surface area contributed by atoms with Crippen LogP contribution in [0.25, 0.3) is 22.4 Å². The topological polar surface area (TPSA) is 125 Å². The number of phenols is 2. The zero-order valence-electron chi connectivity index (χ0n) is 15.0. The summed E-state index contributed by atoms with van der Waals surface area (Å²) in [6.07, 6.45) is 1.48. The van der Waals surface area contributed by atoms with Crippen molar-refractivity contribution in [2.45, 2.75) is 0 Å². The molecule has 4 rings (SSSR count). The van der Waals surface area contributed by atoms with Crippen molar-refractivity contribution in [2.24, 2.45) is 4.99 Å². The summed E-state index contributed by atoms with van der Waals surface area (Å²) in [4.78, 5) is 22.5. The van der Waals surface area contributed by atoms with Gasteiger partial charge in [0, 0.05) is 29.5 Å². The molecule has 150 valence electrons. The number of nitrogens with one attached hydrogen (secondary N) is 1. The Kier molecular flexibility index (Phi) is 5.27. The molecule has 0 bridgehead atoms. The lowest BCUT2D eigenvalue weighted by Crippen LogP contribution is -1.88. The van der Waals surface area contributed by atoms with E-state index < -0.39 is 4.92 Å². The minimum atomic E-state index is -0.450. The molecule has 1 heterocycles. The Morgan fingerprint density at radius 1 is 1.10 bits per heavy atom. The first-order valence-corrected chi connectivity index (χ1v) is 10.1. The summed E-state index contributed by atoms with van der Waals surface area (Å²) in [5, 5.41) is 31.0. The molecule has 0 saturated heterocycles. The molecule has 0 fully saturated rings. The SMILES string of the molecule is O=[N+]([O-])c1cccc(-c2nc3ccc(N=Cc4cc(Br)c(O)c(Br)c4O)cc3[nH]2)c1. The number of imidazole rings is 1. The van der Waals surface area contributed by atoms with Crippen LogP contribution in [0.1, 0.15) is 5.56 Å². The molecule has 0 aliphatic carbocycles. The van der Waals surface area contributed by atoms with Crippen molar-refractivity contribution in [3.8, 4) is 22.9 Å². The number of aliphatic imine (C=N–C) groups is 1. The van der Waals surface area contributed by atoms with E-state index in [2.05, 4.69) is 46.8 Å². The lowest BCUT2D eigenvalue weighted by atomic mass is 10.2. The molecule has 1 aromatic heterocycles. The molecule has 0 aliphatic rings. The lowest BCUT2D eigenvalue weighted by molar-refractivity contribution is -0.384. The van der Waals surface area contributed by atoms with Crippen molar-refractivity contribution in [3.63, 3.8) is 0 Å². The molecule has 0 amide bonds. The molecule has 30 heavy (non-hydrogen) atoms. The van der Waals surface area contributed by atoms with Gasteiger partial charge in [-0.1, -0.05) is 12.1 Å². The highest BCUT2D eigenvalue weighted by Gasteiger charge is 2.13.